The zero-order chi connectivity index (χ0) is 29.8. The smallest absolute Gasteiger partial charge is 0.351 e. The van der Waals surface area contributed by atoms with Gasteiger partial charge < -0.3 is 15.2 Å². The Morgan fingerprint density at radius 3 is 2.57 bits per heavy atom. The third-order valence-corrected chi connectivity index (χ3v) is 7.06. The fourth-order valence-corrected chi connectivity index (χ4v) is 4.78. The lowest BCUT2D eigenvalue weighted by atomic mass is 10.00. The summed E-state index contributed by atoms with van der Waals surface area (Å²) in [5.41, 5.74) is 1.09. The Morgan fingerprint density at radius 1 is 1.12 bits per heavy atom. The summed E-state index contributed by atoms with van der Waals surface area (Å²) in [4.78, 5) is 43.6. The van der Waals surface area contributed by atoms with Crippen LogP contribution in [0.15, 0.2) is 41.5 Å². The molecule has 0 spiro atoms. The lowest BCUT2D eigenvalue weighted by Crippen LogP contribution is -2.58. The second-order valence-corrected chi connectivity index (χ2v) is 10.5. The van der Waals surface area contributed by atoms with E-state index in [1.165, 1.54) is 12.4 Å². The molecule has 1 saturated heterocycles. The van der Waals surface area contributed by atoms with Gasteiger partial charge in [-0.05, 0) is 43.2 Å². The molecule has 15 heteroatoms. The van der Waals surface area contributed by atoms with E-state index in [0.29, 0.717) is 16.9 Å². The number of likely N-dealkylation sites (tertiary alicyclic amines) is 1. The molecule has 0 bridgehead atoms. The number of carbonyl (C=O) groups is 1. The van der Waals surface area contributed by atoms with Crippen molar-refractivity contribution in [2.24, 2.45) is 0 Å². The van der Waals surface area contributed by atoms with E-state index < -0.39 is 48.9 Å². The number of hydrogen-bond acceptors (Lipinski definition) is 6. The topological polar surface area (TPSA) is 109 Å². The number of fused-ring (bicyclic) bond motifs is 1. The van der Waals surface area contributed by atoms with Gasteiger partial charge in [-0.2, -0.15) is 13.2 Å². The Morgan fingerprint density at radius 2 is 1.88 bits per heavy atom. The molecule has 2 N–H and O–H groups in total. The molecular formula is C27H23F6N7O2. The highest BCUT2D eigenvalue weighted by molar-refractivity contribution is 6.01. The number of aromatic amines is 1. The Balaban J connectivity index is 1.35. The molecule has 4 aromatic rings. The molecule has 42 heavy (non-hydrogen) atoms. The van der Waals surface area contributed by atoms with Crippen LogP contribution in [-0.2, 0) is 6.54 Å². The molecule has 6 rings (SSSR count). The number of carbonyl (C=O) groups excluding carboxylic acids is 1. The second kappa shape index (κ2) is 10.2. The number of benzene rings is 1. The largest absolute Gasteiger partial charge is 0.390 e. The average molecular weight is 592 g/mol. The predicted octanol–water partition coefficient (Wildman–Crippen LogP) is 4.32. The summed E-state index contributed by atoms with van der Waals surface area (Å²) < 4.78 is 79.4. The highest BCUT2D eigenvalue weighted by atomic mass is 19.4. The first-order valence-corrected chi connectivity index (χ1v) is 13.1. The maximum absolute atomic E-state index is 14.2. The first-order chi connectivity index (χ1) is 19.9. The Kier molecular flexibility index (Phi) is 6.78. The minimum Gasteiger partial charge on any atom is -0.351 e. The number of alkyl halides is 5. The summed E-state index contributed by atoms with van der Waals surface area (Å²) in [6.07, 6.45) is -2.40. The van der Waals surface area contributed by atoms with E-state index in [0.717, 1.165) is 34.4 Å². The summed E-state index contributed by atoms with van der Waals surface area (Å²) in [6, 6.07) is 6.60. The molecule has 2 aliphatic rings. The molecule has 1 aliphatic heterocycles. The van der Waals surface area contributed by atoms with Crippen LogP contribution in [0.2, 0.25) is 0 Å². The Bertz CT molecular complexity index is 1740. The van der Waals surface area contributed by atoms with E-state index in [1.807, 2.05) is 0 Å². The number of nitrogens with zero attached hydrogens (tertiary/aromatic N) is 5. The van der Waals surface area contributed by atoms with Crippen LogP contribution in [0.4, 0.5) is 26.3 Å². The minimum atomic E-state index is -4.29. The maximum Gasteiger partial charge on any atom is 0.390 e. The minimum absolute atomic E-state index is 0.0496. The monoisotopic (exact) mass is 591 g/mol. The van der Waals surface area contributed by atoms with Gasteiger partial charge in [-0.15, -0.1) is 0 Å². The van der Waals surface area contributed by atoms with Gasteiger partial charge in [0.15, 0.2) is 0 Å². The van der Waals surface area contributed by atoms with Gasteiger partial charge in [0, 0.05) is 36.0 Å². The van der Waals surface area contributed by atoms with Gasteiger partial charge in [-0.25, -0.2) is 32.7 Å². The van der Waals surface area contributed by atoms with Crippen molar-refractivity contribution in [1.82, 2.24) is 34.7 Å². The van der Waals surface area contributed by atoms with Gasteiger partial charge >= 0.3 is 6.18 Å². The number of H-pyrrole nitrogens is 1. The lowest BCUT2D eigenvalue weighted by Gasteiger charge is -2.38. The number of halogens is 6. The summed E-state index contributed by atoms with van der Waals surface area (Å²) in [7, 11) is 0. The van der Waals surface area contributed by atoms with Crippen molar-refractivity contribution in [3.63, 3.8) is 0 Å². The standard InChI is InChI=1S/C27H23F6N7O2/c28-15-3-4-17(18(7-15)23(41)39-11-26(29,30)12-39)20-9-19(14-1-2-14)37-25(38-20)40-13-35-21-8-16(36-22(21)24(40)42)10-34-6-5-27(31,32)33/h3-4,7-9,13-14,34,36H,1-2,5-6,10-12H2. The average Bonchev–Trinajstić information content (AvgIpc) is 3.68. The first-order valence-electron chi connectivity index (χ1n) is 13.1. The normalized spacial score (nSPS) is 16.6. The van der Waals surface area contributed by atoms with E-state index in [4.69, 9.17) is 0 Å². The van der Waals surface area contributed by atoms with E-state index in [-0.39, 0.29) is 47.3 Å². The zero-order valence-electron chi connectivity index (χ0n) is 21.8. The molecule has 1 aliphatic carbocycles. The number of nitrogens with one attached hydrogen (secondary N) is 2. The van der Waals surface area contributed by atoms with Gasteiger partial charge in [0.2, 0.25) is 5.95 Å². The summed E-state index contributed by atoms with van der Waals surface area (Å²) in [6.45, 7) is -1.80. The number of rotatable bonds is 8. The number of aromatic nitrogens is 5. The van der Waals surface area contributed by atoms with Crippen molar-refractivity contribution in [2.45, 2.75) is 43.8 Å². The van der Waals surface area contributed by atoms with E-state index in [9.17, 15) is 35.9 Å². The Labute approximate surface area is 233 Å². The number of hydrogen-bond donors (Lipinski definition) is 2. The molecule has 3 aromatic heterocycles. The quantitative estimate of drug-likeness (QED) is 0.234. The molecule has 220 valence electrons. The van der Waals surface area contributed by atoms with Gasteiger partial charge in [0.25, 0.3) is 17.4 Å². The third kappa shape index (κ3) is 5.73. The van der Waals surface area contributed by atoms with Crippen LogP contribution in [0.5, 0.6) is 0 Å². The van der Waals surface area contributed by atoms with Crippen LogP contribution >= 0.6 is 0 Å². The molecule has 0 unspecified atom stereocenters. The van der Waals surface area contributed by atoms with Crippen molar-refractivity contribution in [1.29, 1.82) is 0 Å². The molecule has 0 radical (unpaired) electrons. The molecule has 1 amide bonds. The maximum atomic E-state index is 14.2. The van der Waals surface area contributed by atoms with Gasteiger partial charge in [0.05, 0.1) is 36.3 Å². The summed E-state index contributed by atoms with van der Waals surface area (Å²) in [5, 5.41) is 2.66. The lowest BCUT2D eigenvalue weighted by molar-refractivity contribution is -0.133. The fraction of sp³-hybridized carbons (Fsp3) is 0.370. The number of amides is 1. The highest BCUT2D eigenvalue weighted by Crippen LogP contribution is 2.40. The van der Waals surface area contributed by atoms with Gasteiger partial charge in [-0.1, -0.05) is 0 Å². The summed E-state index contributed by atoms with van der Waals surface area (Å²) in [5.74, 6) is -4.49. The fourth-order valence-electron chi connectivity index (χ4n) is 4.78. The molecule has 0 atom stereocenters. The van der Waals surface area contributed by atoms with Crippen molar-refractivity contribution in [3.8, 4) is 17.2 Å². The van der Waals surface area contributed by atoms with Gasteiger partial charge in [0.1, 0.15) is 17.7 Å². The molecule has 2 fully saturated rings. The molecular weight excluding hydrogens is 568 g/mol. The van der Waals surface area contributed by atoms with Crippen LogP contribution in [0, 0.1) is 5.82 Å². The second-order valence-electron chi connectivity index (χ2n) is 10.5. The van der Waals surface area contributed by atoms with Crippen molar-refractivity contribution < 1.29 is 31.1 Å². The van der Waals surface area contributed by atoms with Crippen molar-refractivity contribution >= 4 is 16.9 Å². The molecule has 4 heterocycles. The van der Waals surface area contributed by atoms with Crippen molar-refractivity contribution in [3.05, 3.63) is 69.8 Å². The van der Waals surface area contributed by atoms with E-state index >= 15 is 0 Å². The Hall–Kier alpha value is -4.27. The third-order valence-electron chi connectivity index (χ3n) is 7.06. The highest BCUT2D eigenvalue weighted by Gasteiger charge is 2.46. The van der Waals surface area contributed by atoms with Crippen LogP contribution in [0.3, 0.4) is 0 Å². The molecule has 1 saturated carbocycles. The van der Waals surface area contributed by atoms with Crippen molar-refractivity contribution in [2.75, 3.05) is 19.6 Å². The SMILES string of the molecule is O=C(c1cc(F)ccc1-c1cc(C2CC2)nc(-n2cnc3cc(CNCCC(F)(F)F)[nH]c3c2=O)n1)N1CC(F)(F)C1. The van der Waals surface area contributed by atoms with Crippen LogP contribution in [-0.4, -0.2) is 67.0 Å². The zero-order valence-corrected chi connectivity index (χ0v) is 21.8. The van der Waals surface area contributed by atoms with Crippen LogP contribution in [0.25, 0.3) is 28.2 Å². The summed E-state index contributed by atoms with van der Waals surface area (Å²) >= 11 is 0. The van der Waals surface area contributed by atoms with E-state index in [1.54, 1.807) is 12.1 Å². The van der Waals surface area contributed by atoms with Gasteiger partial charge in [-0.3, -0.25) is 9.59 Å². The molecule has 9 nitrogen and oxygen atoms in total. The predicted molar refractivity (Wildman–Crippen MR) is 138 cm³/mol. The van der Waals surface area contributed by atoms with Crippen LogP contribution < -0.4 is 10.9 Å². The van der Waals surface area contributed by atoms with Crippen LogP contribution in [0.1, 0.15) is 46.9 Å². The first kappa shape index (κ1) is 27.9. The molecule has 1 aromatic carbocycles. The van der Waals surface area contributed by atoms with E-state index in [2.05, 4.69) is 25.3 Å².